The fourth-order valence-corrected chi connectivity index (χ4v) is 2.87. The Bertz CT molecular complexity index is 323. The van der Waals surface area contributed by atoms with Crippen molar-refractivity contribution in [3.8, 4) is 0 Å². The van der Waals surface area contributed by atoms with Gasteiger partial charge in [-0.25, -0.2) is 0 Å². The Labute approximate surface area is 104 Å². The lowest BCUT2D eigenvalue weighted by molar-refractivity contribution is 0.0983. The lowest BCUT2D eigenvalue weighted by Gasteiger charge is -2.40. The molecule has 3 heteroatoms. The summed E-state index contributed by atoms with van der Waals surface area (Å²) in [5.41, 5.74) is 7.09. The van der Waals surface area contributed by atoms with Gasteiger partial charge in [-0.15, -0.1) is 0 Å². The number of nitrogens with zero attached hydrogens (tertiary/aromatic N) is 2. The first-order valence-corrected chi connectivity index (χ1v) is 6.68. The maximum atomic E-state index is 5.72. The quantitative estimate of drug-likeness (QED) is 0.868. The molecule has 1 fully saturated rings. The largest absolute Gasteiger partial charge is 0.330 e. The van der Waals surface area contributed by atoms with Crippen LogP contribution in [0.2, 0.25) is 0 Å². The van der Waals surface area contributed by atoms with Crippen molar-refractivity contribution in [2.45, 2.75) is 44.7 Å². The second-order valence-electron chi connectivity index (χ2n) is 4.92. The molecule has 1 aromatic rings. The first-order chi connectivity index (χ1) is 8.33. The van der Waals surface area contributed by atoms with E-state index < -0.39 is 0 Å². The molecule has 1 saturated heterocycles. The summed E-state index contributed by atoms with van der Waals surface area (Å²) in [6, 6.07) is 5.39. The van der Waals surface area contributed by atoms with Crippen molar-refractivity contribution in [2.75, 3.05) is 13.1 Å². The number of hydrogen-bond acceptors (Lipinski definition) is 3. The average Bonchev–Trinajstić information content (AvgIpc) is 2.40. The van der Waals surface area contributed by atoms with Gasteiger partial charge in [0.1, 0.15) is 0 Å². The number of piperidine rings is 1. The standard InChI is InChI=1S/C14H23N3/c1-12(13-6-9-16-10-7-13)17-11-3-2-4-14(17)5-8-15/h6-7,9-10,12,14H,2-5,8,11,15H2,1H3. The minimum Gasteiger partial charge on any atom is -0.330 e. The number of rotatable bonds is 4. The smallest absolute Gasteiger partial charge is 0.0323 e. The zero-order valence-electron chi connectivity index (χ0n) is 10.7. The first-order valence-electron chi connectivity index (χ1n) is 6.68. The van der Waals surface area contributed by atoms with Crippen LogP contribution in [0.3, 0.4) is 0 Å². The third-order valence-corrected chi connectivity index (χ3v) is 3.86. The Morgan fingerprint density at radius 3 is 2.88 bits per heavy atom. The van der Waals surface area contributed by atoms with Crippen molar-refractivity contribution in [1.82, 2.24) is 9.88 Å². The number of likely N-dealkylation sites (tertiary alicyclic amines) is 1. The lowest BCUT2D eigenvalue weighted by Crippen LogP contribution is -2.42. The highest BCUT2D eigenvalue weighted by molar-refractivity contribution is 5.14. The normalized spacial score (nSPS) is 23.5. The molecule has 3 nitrogen and oxygen atoms in total. The highest BCUT2D eigenvalue weighted by atomic mass is 15.2. The molecule has 0 saturated carbocycles. The SMILES string of the molecule is CC(c1ccncc1)N1CCCCC1CCN. The van der Waals surface area contributed by atoms with Crippen LogP contribution in [0.5, 0.6) is 0 Å². The van der Waals surface area contributed by atoms with Gasteiger partial charge in [-0.3, -0.25) is 9.88 Å². The number of nitrogens with two attached hydrogens (primary N) is 1. The number of hydrogen-bond donors (Lipinski definition) is 1. The molecule has 0 radical (unpaired) electrons. The molecule has 94 valence electrons. The third-order valence-electron chi connectivity index (χ3n) is 3.86. The van der Waals surface area contributed by atoms with E-state index in [0.29, 0.717) is 12.1 Å². The van der Waals surface area contributed by atoms with E-state index in [4.69, 9.17) is 5.73 Å². The average molecular weight is 233 g/mol. The van der Waals surface area contributed by atoms with Crippen molar-refractivity contribution < 1.29 is 0 Å². The minimum atomic E-state index is 0.481. The molecular weight excluding hydrogens is 210 g/mol. The second kappa shape index (κ2) is 6.12. The van der Waals surface area contributed by atoms with Crippen molar-refractivity contribution in [3.63, 3.8) is 0 Å². The zero-order chi connectivity index (χ0) is 12.1. The van der Waals surface area contributed by atoms with Crippen LogP contribution in [0.15, 0.2) is 24.5 Å². The molecule has 17 heavy (non-hydrogen) atoms. The molecule has 2 atom stereocenters. The summed E-state index contributed by atoms with van der Waals surface area (Å²) >= 11 is 0. The second-order valence-corrected chi connectivity index (χ2v) is 4.92. The molecule has 2 N–H and O–H groups in total. The van der Waals surface area contributed by atoms with Crippen molar-refractivity contribution in [3.05, 3.63) is 30.1 Å². The summed E-state index contributed by atoms with van der Waals surface area (Å²) in [5, 5.41) is 0. The lowest BCUT2D eigenvalue weighted by atomic mass is 9.95. The van der Waals surface area contributed by atoms with Crippen LogP contribution >= 0.6 is 0 Å². The van der Waals surface area contributed by atoms with Gasteiger partial charge in [0.15, 0.2) is 0 Å². The Kier molecular flexibility index (Phi) is 4.51. The van der Waals surface area contributed by atoms with Gasteiger partial charge in [0.2, 0.25) is 0 Å². The van der Waals surface area contributed by atoms with Crippen LogP contribution < -0.4 is 5.73 Å². The van der Waals surface area contributed by atoms with Crippen LogP contribution in [-0.4, -0.2) is 29.0 Å². The van der Waals surface area contributed by atoms with E-state index in [2.05, 4.69) is 28.9 Å². The Morgan fingerprint density at radius 2 is 2.18 bits per heavy atom. The molecule has 0 spiro atoms. The fourth-order valence-electron chi connectivity index (χ4n) is 2.87. The van der Waals surface area contributed by atoms with Gasteiger partial charge in [0.05, 0.1) is 0 Å². The van der Waals surface area contributed by atoms with Gasteiger partial charge in [-0.2, -0.15) is 0 Å². The fraction of sp³-hybridized carbons (Fsp3) is 0.643. The van der Waals surface area contributed by atoms with E-state index in [1.54, 1.807) is 0 Å². The van der Waals surface area contributed by atoms with Crippen LogP contribution in [0, 0.1) is 0 Å². The van der Waals surface area contributed by atoms with E-state index in [1.807, 2.05) is 12.4 Å². The van der Waals surface area contributed by atoms with Crippen LogP contribution in [0.4, 0.5) is 0 Å². The molecule has 2 rings (SSSR count). The van der Waals surface area contributed by atoms with Crippen molar-refractivity contribution in [1.29, 1.82) is 0 Å². The molecule has 0 aromatic carbocycles. The van der Waals surface area contributed by atoms with Gasteiger partial charge in [0, 0.05) is 24.5 Å². The van der Waals surface area contributed by atoms with Crippen molar-refractivity contribution >= 4 is 0 Å². The molecule has 1 aromatic heterocycles. The predicted octanol–water partition coefficient (Wildman–Crippen LogP) is 2.35. The molecular formula is C14H23N3. The topological polar surface area (TPSA) is 42.2 Å². The molecule has 0 aliphatic carbocycles. The summed E-state index contributed by atoms with van der Waals surface area (Å²) in [5.74, 6) is 0. The highest BCUT2D eigenvalue weighted by Crippen LogP contribution is 2.29. The van der Waals surface area contributed by atoms with Gasteiger partial charge < -0.3 is 5.73 Å². The molecule has 1 aliphatic heterocycles. The Hall–Kier alpha value is -0.930. The summed E-state index contributed by atoms with van der Waals surface area (Å²) < 4.78 is 0. The Balaban J connectivity index is 2.08. The predicted molar refractivity (Wildman–Crippen MR) is 70.7 cm³/mol. The molecule has 2 heterocycles. The number of pyridine rings is 1. The van der Waals surface area contributed by atoms with E-state index in [0.717, 1.165) is 13.0 Å². The summed E-state index contributed by atoms with van der Waals surface area (Å²) in [6.45, 7) is 4.29. The van der Waals surface area contributed by atoms with Crippen LogP contribution in [0.1, 0.15) is 44.2 Å². The molecule has 0 bridgehead atoms. The van der Waals surface area contributed by atoms with Gasteiger partial charge in [-0.1, -0.05) is 6.42 Å². The number of aromatic nitrogens is 1. The summed E-state index contributed by atoms with van der Waals surface area (Å²) in [4.78, 5) is 6.71. The van der Waals surface area contributed by atoms with Crippen molar-refractivity contribution in [2.24, 2.45) is 5.73 Å². The van der Waals surface area contributed by atoms with Crippen LogP contribution in [0.25, 0.3) is 0 Å². The molecule has 0 amide bonds. The molecule has 2 unspecified atom stereocenters. The summed E-state index contributed by atoms with van der Waals surface area (Å²) in [7, 11) is 0. The first kappa shape index (κ1) is 12.5. The minimum absolute atomic E-state index is 0.481. The molecule has 1 aliphatic rings. The van der Waals surface area contributed by atoms with Gasteiger partial charge in [-0.05, 0) is 57.0 Å². The maximum absolute atomic E-state index is 5.72. The van der Waals surface area contributed by atoms with E-state index in [-0.39, 0.29) is 0 Å². The monoisotopic (exact) mass is 233 g/mol. The Morgan fingerprint density at radius 1 is 1.41 bits per heavy atom. The highest BCUT2D eigenvalue weighted by Gasteiger charge is 2.26. The van der Waals surface area contributed by atoms with E-state index in [1.165, 1.54) is 31.4 Å². The van der Waals surface area contributed by atoms with Gasteiger partial charge >= 0.3 is 0 Å². The van der Waals surface area contributed by atoms with Gasteiger partial charge in [0.25, 0.3) is 0 Å². The third kappa shape index (κ3) is 3.05. The van der Waals surface area contributed by atoms with Crippen LogP contribution in [-0.2, 0) is 0 Å². The van der Waals surface area contributed by atoms with E-state index >= 15 is 0 Å². The maximum Gasteiger partial charge on any atom is 0.0323 e. The van der Waals surface area contributed by atoms with E-state index in [9.17, 15) is 0 Å². The zero-order valence-corrected chi connectivity index (χ0v) is 10.7. The summed E-state index contributed by atoms with van der Waals surface area (Å²) in [6.07, 6.45) is 8.85.